The fraction of sp³-hybridized carbons (Fsp3) is 0.556. The summed E-state index contributed by atoms with van der Waals surface area (Å²) < 4.78 is 6.54. The zero-order valence-corrected chi connectivity index (χ0v) is 10.8. The summed E-state index contributed by atoms with van der Waals surface area (Å²) in [7, 11) is 0. The first kappa shape index (κ1) is 12.7. The van der Waals surface area contributed by atoms with Crippen LogP contribution in [0, 0.1) is 3.57 Å². The topological polar surface area (TPSA) is 105 Å². The molecule has 7 nitrogen and oxygen atoms in total. The van der Waals surface area contributed by atoms with E-state index in [1.165, 1.54) is 6.20 Å². The maximum Gasteiger partial charge on any atom is 0.330 e. The van der Waals surface area contributed by atoms with Crippen molar-refractivity contribution >= 4 is 22.6 Å². The summed E-state index contributed by atoms with van der Waals surface area (Å²) in [5.41, 5.74) is -1.06. The highest BCUT2D eigenvalue weighted by Gasteiger charge is 2.35. The van der Waals surface area contributed by atoms with Crippen molar-refractivity contribution in [3.05, 3.63) is 30.6 Å². The van der Waals surface area contributed by atoms with Crippen LogP contribution in [0.1, 0.15) is 12.6 Å². The third kappa shape index (κ3) is 2.30. The average Bonchev–Trinajstić information content (AvgIpc) is 2.65. The van der Waals surface area contributed by atoms with Gasteiger partial charge in [0.2, 0.25) is 0 Å². The number of halogens is 1. The van der Waals surface area contributed by atoms with Gasteiger partial charge < -0.3 is 19.9 Å². The van der Waals surface area contributed by atoms with E-state index in [4.69, 9.17) is 9.84 Å². The molecule has 0 aromatic carbocycles. The predicted octanol–water partition coefficient (Wildman–Crippen LogP) is -1.22. The molecule has 0 bridgehead atoms. The monoisotopic (exact) mass is 354 g/mol. The fourth-order valence-corrected chi connectivity index (χ4v) is 2.18. The Labute approximate surface area is 109 Å². The molecule has 0 spiro atoms. The van der Waals surface area contributed by atoms with Gasteiger partial charge in [-0.25, -0.2) is 9.36 Å². The van der Waals surface area contributed by atoms with Crippen molar-refractivity contribution in [3.63, 3.8) is 0 Å². The van der Waals surface area contributed by atoms with Crippen molar-refractivity contribution in [3.8, 4) is 0 Å². The molecule has 1 aliphatic rings. The smallest absolute Gasteiger partial charge is 0.330 e. The van der Waals surface area contributed by atoms with Crippen molar-refractivity contribution in [1.29, 1.82) is 0 Å². The zero-order valence-electron chi connectivity index (χ0n) is 8.67. The normalized spacial score (nSPS) is 28.5. The van der Waals surface area contributed by atoms with Crippen LogP contribution >= 0.6 is 22.6 Å². The Kier molecular flexibility index (Phi) is 3.66. The van der Waals surface area contributed by atoms with Gasteiger partial charge in [0.1, 0.15) is 12.3 Å². The zero-order chi connectivity index (χ0) is 12.6. The van der Waals surface area contributed by atoms with Gasteiger partial charge in [0.05, 0.1) is 16.3 Å². The summed E-state index contributed by atoms with van der Waals surface area (Å²) in [4.78, 5) is 25.8. The van der Waals surface area contributed by atoms with E-state index in [1.807, 2.05) is 0 Å². The van der Waals surface area contributed by atoms with E-state index < -0.39 is 29.7 Å². The Balaban J connectivity index is 2.40. The summed E-state index contributed by atoms with van der Waals surface area (Å²) in [5.74, 6) is 0. The molecule has 0 saturated carbocycles. The van der Waals surface area contributed by atoms with Gasteiger partial charge in [0.15, 0.2) is 0 Å². The van der Waals surface area contributed by atoms with E-state index in [2.05, 4.69) is 4.98 Å². The van der Waals surface area contributed by atoms with Crippen LogP contribution in [0.2, 0.25) is 0 Å². The molecule has 2 heterocycles. The molecule has 2 rings (SSSR count). The highest BCUT2D eigenvalue weighted by Crippen LogP contribution is 2.26. The molecular weight excluding hydrogens is 343 g/mol. The van der Waals surface area contributed by atoms with E-state index in [-0.39, 0.29) is 13.0 Å². The van der Waals surface area contributed by atoms with E-state index in [0.29, 0.717) is 3.57 Å². The molecule has 0 radical (unpaired) electrons. The Morgan fingerprint density at radius 3 is 2.88 bits per heavy atom. The van der Waals surface area contributed by atoms with Crippen LogP contribution in [0.4, 0.5) is 0 Å². The van der Waals surface area contributed by atoms with Gasteiger partial charge in [-0.1, -0.05) is 0 Å². The Morgan fingerprint density at radius 1 is 1.59 bits per heavy atom. The molecule has 17 heavy (non-hydrogen) atoms. The molecule has 1 saturated heterocycles. The molecule has 0 aliphatic carbocycles. The second kappa shape index (κ2) is 4.88. The lowest BCUT2D eigenvalue weighted by Gasteiger charge is -2.13. The van der Waals surface area contributed by atoms with Gasteiger partial charge >= 0.3 is 5.69 Å². The maximum absolute atomic E-state index is 11.8. The molecule has 1 fully saturated rings. The summed E-state index contributed by atoms with van der Waals surface area (Å²) in [6, 6.07) is 0. The SMILES string of the molecule is O=c1[nH]cc(I)c(=O)n1[C@H]1C[C@H](O)[C@@H](CO)O1. The van der Waals surface area contributed by atoms with Crippen molar-refractivity contribution in [2.45, 2.75) is 24.9 Å². The minimum atomic E-state index is -0.880. The second-order valence-corrected chi connectivity index (χ2v) is 4.89. The van der Waals surface area contributed by atoms with Crippen LogP contribution in [0.5, 0.6) is 0 Å². The van der Waals surface area contributed by atoms with Crippen LogP contribution in [-0.2, 0) is 4.74 Å². The number of aliphatic hydroxyl groups excluding tert-OH is 2. The van der Waals surface area contributed by atoms with E-state index in [9.17, 15) is 14.7 Å². The summed E-state index contributed by atoms with van der Waals surface area (Å²) >= 11 is 1.80. The second-order valence-electron chi connectivity index (χ2n) is 3.73. The van der Waals surface area contributed by atoms with E-state index in [0.717, 1.165) is 4.57 Å². The van der Waals surface area contributed by atoms with Gasteiger partial charge in [-0.15, -0.1) is 0 Å². The number of ether oxygens (including phenoxy) is 1. The lowest BCUT2D eigenvalue weighted by atomic mass is 10.2. The molecular formula is C9H11IN2O5. The van der Waals surface area contributed by atoms with Crippen molar-refractivity contribution < 1.29 is 14.9 Å². The number of hydrogen-bond acceptors (Lipinski definition) is 5. The largest absolute Gasteiger partial charge is 0.394 e. The number of H-pyrrole nitrogens is 1. The molecule has 1 aromatic heterocycles. The summed E-state index contributed by atoms with van der Waals surface area (Å²) in [5, 5.41) is 18.5. The van der Waals surface area contributed by atoms with Gasteiger partial charge in [-0.2, -0.15) is 0 Å². The fourth-order valence-electron chi connectivity index (χ4n) is 1.76. The van der Waals surface area contributed by atoms with Gasteiger partial charge in [0, 0.05) is 12.6 Å². The molecule has 8 heteroatoms. The van der Waals surface area contributed by atoms with Crippen LogP contribution in [0.25, 0.3) is 0 Å². The number of aliphatic hydroxyl groups is 2. The maximum atomic E-state index is 11.8. The van der Waals surface area contributed by atoms with Crippen molar-refractivity contribution in [2.24, 2.45) is 0 Å². The van der Waals surface area contributed by atoms with E-state index in [1.54, 1.807) is 22.6 Å². The van der Waals surface area contributed by atoms with Crippen molar-refractivity contribution in [2.75, 3.05) is 6.61 Å². The lowest BCUT2D eigenvalue weighted by molar-refractivity contribution is -0.0470. The van der Waals surface area contributed by atoms with Crippen LogP contribution in [-0.4, -0.2) is 38.6 Å². The number of aromatic amines is 1. The standard InChI is InChI=1S/C9H11IN2O5/c10-4-2-11-9(16)12(8(4)15)7-1-5(14)6(3-13)17-7/h2,5-7,13-14H,1,3H2,(H,11,16)/t5-,6+,7+/m0/s1. The summed E-state index contributed by atoms with van der Waals surface area (Å²) in [6.07, 6.45) is -1.06. The number of nitrogens with one attached hydrogen (secondary N) is 1. The number of nitrogens with zero attached hydrogens (tertiary/aromatic N) is 1. The predicted molar refractivity (Wildman–Crippen MR) is 65.7 cm³/mol. The first-order valence-electron chi connectivity index (χ1n) is 4.98. The molecule has 3 atom stereocenters. The van der Waals surface area contributed by atoms with Gasteiger partial charge in [-0.05, 0) is 22.6 Å². The minimum Gasteiger partial charge on any atom is -0.394 e. The average molecular weight is 354 g/mol. The van der Waals surface area contributed by atoms with Crippen LogP contribution in [0.15, 0.2) is 15.8 Å². The third-order valence-corrected chi connectivity index (χ3v) is 3.41. The lowest BCUT2D eigenvalue weighted by Crippen LogP contribution is -2.39. The number of hydrogen-bond donors (Lipinski definition) is 3. The summed E-state index contributed by atoms with van der Waals surface area (Å²) in [6.45, 7) is -0.353. The van der Waals surface area contributed by atoms with Crippen LogP contribution < -0.4 is 11.2 Å². The number of rotatable bonds is 2. The Hall–Kier alpha value is -0.710. The Bertz CT molecular complexity index is 525. The first-order chi connectivity index (χ1) is 8.04. The van der Waals surface area contributed by atoms with E-state index >= 15 is 0 Å². The molecule has 94 valence electrons. The highest BCUT2D eigenvalue weighted by molar-refractivity contribution is 14.1. The van der Waals surface area contributed by atoms with Crippen LogP contribution in [0.3, 0.4) is 0 Å². The van der Waals surface area contributed by atoms with Crippen molar-refractivity contribution in [1.82, 2.24) is 9.55 Å². The van der Waals surface area contributed by atoms with Gasteiger partial charge in [-0.3, -0.25) is 4.79 Å². The highest BCUT2D eigenvalue weighted by atomic mass is 127. The molecule has 3 N–H and O–H groups in total. The minimum absolute atomic E-state index is 0.105. The Morgan fingerprint density at radius 2 is 2.29 bits per heavy atom. The molecule has 1 aromatic rings. The number of aromatic nitrogens is 2. The third-order valence-electron chi connectivity index (χ3n) is 2.64. The quantitative estimate of drug-likeness (QED) is 0.578. The molecule has 0 unspecified atom stereocenters. The first-order valence-corrected chi connectivity index (χ1v) is 6.06. The molecule has 0 amide bonds. The molecule has 1 aliphatic heterocycles. The van der Waals surface area contributed by atoms with Gasteiger partial charge in [0.25, 0.3) is 5.56 Å².